The minimum absolute atomic E-state index is 0.101. The molecule has 8 heteroatoms. The molecule has 2 fully saturated rings. The monoisotopic (exact) mass is 482 g/mol. The predicted octanol–water partition coefficient (Wildman–Crippen LogP) is 3.47. The zero-order valence-electron chi connectivity index (χ0n) is 21.3. The number of hydrogen-bond acceptors (Lipinski definition) is 6. The van der Waals surface area contributed by atoms with E-state index in [0.29, 0.717) is 58.2 Å². The Balaban J connectivity index is 1.64. The number of anilines is 1. The number of pyridine rings is 1. The first-order chi connectivity index (χ1) is 17.0. The zero-order chi connectivity index (χ0) is 24.8. The van der Waals surface area contributed by atoms with E-state index in [1.165, 1.54) is 12.8 Å². The summed E-state index contributed by atoms with van der Waals surface area (Å²) in [5.74, 6) is 2.43. The smallest absolute Gasteiger partial charge is 0.223 e. The lowest BCUT2D eigenvalue weighted by atomic mass is 10.0. The molecule has 0 N–H and O–H groups in total. The molecule has 1 aliphatic heterocycles. The highest BCUT2D eigenvalue weighted by Crippen LogP contribution is 2.31. The highest BCUT2D eigenvalue weighted by atomic mass is 16.5. The fraction of sp³-hybridized carbons (Fsp3) is 0.593. The van der Waals surface area contributed by atoms with E-state index in [1.54, 1.807) is 21.1 Å². The number of fused-ring (bicyclic) bond motifs is 1. The number of nitrogens with zero attached hydrogens (tertiary/aromatic N) is 4. The van der Waals surface area contributed by atoms with Gasteiger partial charge in [0.1, 0.15) is 11.6 Å². The van der Waals surface area contributed by atoms with Crippen molar-refractivity contribution in [3.63, 3.8) is 0 Å². The van der Waals surface area contributed by atoms with Gasteiger partial charge < -0.3 is 24.2 Å². The van der Waals surface area contributed by atoms with Crippen LogP contribution in [0.5, 0.6) is 5.75 Å². The molecule has 1 saturated heterocycles. The Bertz CT molecular complexity index is 1030. The minimum atomic E-state index is 0.101. The van der Waals surface area contributed by atoms with Crippen molar-refractivity contribution in [2.75, 3.05) is 58.5 Å². The minimum Gasteiger partial charge on any atom is -0.497 e. The standard InChI is InChI=1S/C27H38N4O4/c1-20(32)29-10-12-30(13-11-29)27-23(17-22-8-9-24(35-3)18-25(22)28-27)19-31(14-15-34-2)26(33)16-21-6-4-5-7-21/h8-9,17-18,21H,4-7,10-16,19H2,1-3H3. The largest absolute Gasteiger partial charge is 0.497 e. The number of aromatic nitrogens is 1. The van der Waals surface area contributed by atoms with Crippen LogP contribution in [0.25, 0.3) is 10.9 Å². The van der Waals surface area contributed by atoms with Crippen molar-refractivity contribution in [1.82, 2.24) is 14.8 Å². The SMILES string of the molecule is COCCN(Cc1cc2ccc(OC)cc2nc1N1CCN(C(C)=O)CC1)C(=O)CC1CCCC1. The van der Waals surface area contributed by atoms with Crippen molar-refractivity contribution in [3.8, 4) is 5.75 Å². The maximum absolute atomic E-state index is 13.3. The quantitative estimate of drug-likeness (QED) is 0.545. The van der Waals surface area contributed by atoms with E-state index in [2.05, 4.69) is 11.0 Å². The van der Waals surface area contributed by atoms with Crippen LogP contribution in [0.15, 0.2) is 24.3 Å². The number of piperazine rings is 1. The van der Waals surface area contributed by atoms with E-state index >= 15 is 0 Å². The molecule has 0 spiro atoms. The molecular formula is C27H38N4O4. The van der Waals surface area contributed by atoms with Crippen molar-refractivity contribution in [2.45, 2.75) is 45.6 Å². The number of methoxy groups -OCH3 is 2. The Morgan fingerprint density at radius 2 is 1.83 bits per heavy atom. The molecule has 0 radical (unpaired) electrons. The number of carbonyl (C=O) groups is 2. The molecule has 0 bridgehead atoms. The molecule has 1 saturated carbocycles. The van der Waals surface area contributed by atoms with E-state index in [1.807, 2.05) is 28.0 Å². The van der Waals surface area contributed by atoms with Crippen molar-refractivity contribution in [1.29, 1.82) is 0 Å². The third-order valence-electron chi connectivity index (χ3n) is 7.32. The fourth-order valence-electron chi connectivity index (χ4n) is 5.22. The molecule has 4 rings (SSSR count). The van der Waals surface area contributed by atoms with Gasteiger partial charge in [0, 0.05) is 76.7 Å². The number of benzene rings is 1. The fourth-order valence-corrected chi connectivity index (χ4v) is 5.22. The summed E-state index contributed by atoms with van der Waals surface area (Å²) in [6.45, 7) is 5.92. The Hall–Kier alpha value is -2.87. The molecule has 190 valence electrons. The van der Waals surface area contributed by atoms with Gasteiger partial charge >= 0.3 is 0 Å². The maximum atomic E-state index is 13.3. The van der Waals surface area contributed by atoms with Crippen molar-refractivity contribution in [2.24, 2.45) is 5.92 Å². The second kappa shape index (κ2) is 11.7. The molecule has 0 unspecified atom stereocenters. The lowest BCUT2D eigenvalue weighted by Crippen LogP contribution is -2.48. The number of carbonyl (C=O) groups excluding carboxylic acids is 2. The maximum Gasteiger partial charge on any atom is 0.223 e. The summed E-state index contributed by atoms with van der Waals surface area (Å²) in [7, 11) is 3.32. The zero-order valence-corrected chi connectivity index (χ0v) is 21.3. The Morgan fingerprint density at radius 3 is 2.49 bits per heavy atom. The summed E-state index contributed by atoms with van der Waals surface area (Å²) in [5.41, 5.74) is 1.88. The summed E-state index contributed by atoms with van der Waals surface area (Å²) < 4.78 is 10.8. The van der Waals surface area contributed by atoms with Crippen LogP contribution in [0.3, 0.4) is 0 Å². The number of rotatable bonds is 9. The molecular weight excluding hydrogens is 444 g/mol. The molecule has 2 aromatic rings. The average molecular weight is 483 g/mol. The summed E-state index contributed by atoms with van der Waals surface area (Å²) in [5, 5.41) is 1.02. The number of ether oxygens (including phenoxy) is 2. The topological polar surface area (TPSA) is 75.2 Å². The second-order valence-electron chi connectivity index (χ2n) is 9.69. The summed E-state index contributed by atoms with van der Waals surface area (Å²) >= 11 is 0. The van der Waals surface area contributed by atoms with E-state index in [4.69, 9.17) is 14.5 Å². The van der Waals surface area contributed by atoms with Crippen LogP contribution in [0, 0.1) is 5.92 Å². The van der Waals surface area contributed by atoms with Crippen molar-refractivity contribution >= 4 is 28.5 Å². The van der Waals surface area contributed by atoms with Gasteiger partial charge in [0.25, 0.3) is 0 Å². The molecule has 0 atom stereocenters. The van der Waals surface area contributed by atoms with Crippen LogP contribution in [0.1, 0.15) is 44.6 Å². The van der Waals surface area contributed by atoms with Gasteiger partial charge in [-0.25, -0.2) is 4.98 Å². The first-order valence-electron chi connectivity index (χ1n) is 12.7. The van der Waals surface area contributed by atoms with Gasteiger partial charge in [0.15, 0.2) is 0 Å². The molecule has 2 heterocycles. The normalized spacial score (nSPS) is 16.7. The van der Waals surface area contributed by atoms with Gasteiger partial charge in [-0.15, -0.1) is 0 Å². The van der Waals surface area contributed by atoms with E-state index in [9.17, 15) is 9.59 Å². The number of hydrogen-bond donors (Lipinski definition) is 0. The second-order valence-corrected chi connectivity index (χ2v) is 9.69. The third-order valence-corrected chi connectivity index (χ3v) is 7.32. The first-order valence-corrected chi connectivity index (χ1v) is 12.7. The van der Waals surface area contributed by atoms with E-state index in [-0.39, 0.29) is 11.8 Å². The highest BCUT2D eigenvalue weighted by molar-refractivity contribution is 5.84. The summed E-state index contributed by atoms with van der Waals surface area (Å²) in [6.07, 6.45) is 5.35. The summed E-state index contributed by atoms with van der Waals surface area (Å²) in [6, 6.07) is 8.05. The van der Waals surface area contributed by atoms with Crippen LogP contribution in [0.4, 0.5) is 5.82 Å². The molecule has 1 aliphatic carbocycles. The molecule has 2 amide bonds. The average Bonchev–Trinajstić information content (AvgIpc) is 3.38. The Kier molecular flexibility index (Phi) is 8.44. The van der Waals surface area contributed by atoms with Gasteiger partial charge in [0.05, 0.1) is 19.2 Å². The van der Waals surface area contributed by atoms with Gasteiger partial charge in [-0.1, -0.05) is 12.8 Å². The van der Waals surface area contributed by atoms with E-state index < -0.39 is 0 Å². The van der Waals surface area contributed by atoms with Crippen molar-refractivity contribution < 1.29 is 19.1 Å². The molecule has 2 aliphatic rings. The Labute approximate surface area is 208 Å². The third kappa shape index (κ3) is 6.23. The Morgan fingerprint density at radius 1 is 1.09 bits per heavy atom. The van der Waals surface area contributed by atoms with Crippen LogP contribution >= 0.6 is 0 Å². The summed E-state index contributed by atoms with van der Waals surface area (Å²) in [4.78, 5) is 36.3. The van der Waals surface area contributed by atoms with Crippen LogP contribution in [-0.4, -0.2) is 80.1 Å². The van der Waals surface area contributed by atoms with Gasteiger partial charge in [-0.3, -0.25) is 9.59 Å². The first kappa shape index (κ1) is 25.2. The molecule has 35 heavy (non-hydrogen) atoms. The molecule has 8 nitrogen and oxygen atoms in total. The van der Waals surface area contributed by atoms with Gasteiger partial charge in [0.2, 0.25) is 11.8 Å². The van der Waals surface area contributed by atoms with Crippen LogP contribution in [-0.2, 0) is 20.9 Å². The van der Waals surface area contributed by atoms with Crippen LogP contribution < -0.4 is 9.64 Å². The number of amides is 2. The highest BCUT2D eigenvalue weighted by Gasteiger charge is 2.26. The molecule has 1 aromatic heterocycles. The van der Waals surface area contributed by atoms with E-state index in [0.717, 1.165) is 40.9 Å². The lowest BCUT2D eigenvalue weighted by molar-refractivity contribution is -0.133. The van der Waals surface area contributed by atoms with Gasteiger partial charge in [-0.2, -0.15) is 0 Å². The predicted molar refractivity (Wildman–Crippen MR) is 137 cm³/mol. The lowest BCUT2D eigenvalue weighted by Gasteiger charge is -2.36. The van der Waals surface area contributed by atoms with Gasteiger partial charge in [-0.05, 0) is 37.0 Å². The van der Waals surface area contributed by atoms with Crippen LogP contribution in [0.2, 0.25) is 0 Å². The molecule has 1 aromatic carbocycles. The van der Waals surface area contributed by atoms with Crippen molar-refractivity contribution in [3.05, 3.63) is 29.8 Å².